The summed E-state index contributed by atoms with van der Waals surface area (Å²) >= 11 is 0. The summed E-state index contributed by atoms with van der Waals surface area (Å²) in [6.07, 6.45) is 0.404. The fourth-order valence-electron chi connectivity index (χ4n) is 3.42. The molecule has 0 saturated carbocycles. The van der Waals surface area contributed by atoms with E-state index in [2.05, 4.69) is 0 Å². The monoisotopic (exact) mass is 405 g/mol. The standard InChI is InChI=1S/C23H19NO4S/c25-22(18-11-5-2-6-12-18)21-23(26)19-13-7-8-14-20(19)29(27,28)24(21)16-15-17-9-3-1-4-10-17/h1-14,25H,15-16H2. The second kappa shape index (κ2) is 7.56. The molecule has 0 aromatic heterocycles. The van der Waals surface area contributed by atoms with Crippen LogP contribution in [0.3, 0.4) is 0 Å². The van der Waals surface area contributed by atoms with Gasteiger partial charge in [0.15, 0.2) is 5.76 Å². The van der Waals surface area contributed by atoms with Gasteiger partial charge in [0.25, 0.3) is 10.0 Å². The van der Waals surface area contributed by atoms with Gasteiger partial charge >= 0.3 is 0 Å². The van der Waals surface area contributed by atoms with E-state index in [1.54, 1.807) is 42.5 Å². The van der Waals surface area contributed by atoms with E-state index in [9.17, 15) is 18.3 Å². The van der Waals surface area contributed by atoms with E-state index in [1.165, 1.54) is 12.1 Å². The van der Waals surface area contributed by atoms with E-state index in [0.717, 1.165) is 9.87 Å². The molecule has 0 amide bonds. The van der Waals surface area contributed by atoms with Crippen LogP contribution in [0, 0.1) is 0 Å². The Morgan fingerprint density at radius 1 is 0.828 bits per heavy atom. The molecule has 0 aliphatic carbocycles. The first-order valence-electron chi connectivity index (χ1n) is 9.19. The largest absolute Gasteiger partial charge is 0.505 e. The van der Waals surface area contributed by atoms with Gasteiger partial charge in [-0.2, -0.15) is 0 Å². The Morgan fingerprint density at radius 3 is 2.10 bits per heavy atom. The molecule has 29 heavy (non-hydrogen) atoms. The number of hydrogen-bond acceptors (Lipinski definition) is 4. The smallest absolute Gasteiger partial charge is 0.265 e. The van der Waals surface area contributed by atoms with Gasteiger partial charge in [-0.1, -0.05) is 72.8 Å². The molecule has 0 atom stereocenters. The number of ketones is 1. The summed E-state index contributed by atoms with van der Waals surface area (Å²) in [7, 11) is -3.99. The lowest BCUT2D eigenvalue weighted by molar-refractivity contribution is 0.0998. The minimum Gasteiger partial charge on any atom is -0.505 e. The van der Waals surface area contributed by atoms with Gasteiger partial charge < -0.3 is 5.11 Å². The molecule has 0 unspecified atom stereocenters. The number of benzene rings is 3. The molecule has 3 aromatic rings. The predicted octanol–water partition coefficient (Wildman–Crippen LogP) is 4.04. The van der Waals surface area contributed by atoms with Gasteiger partial charge in [-0.15, -0.1) is 0 Å². The van der Waals surface area contributed by atoms with Crippen LogP contribution in [0.4, 0.5) is 0 Å². The fraction of sp³-hybridized carbons (Fsp3) is 0.0870. The number of fused-ring (bicyclic) bond motifs is 1. The van der Waals surface area contributed by atoms with Crippen molar-refractivity contribution < 1.29 is 18.3 Å². The van der Waals surface area contributed by atoms with Crippen LogP contribution in [0.15, 0.2) is 95.5 Å². The highest BCUT2D eigenvalue weighted by Crippen LogP contribution is 2.35. The lowest BCUT2D eigenvalue weighted by atomic mass is 10.0. The van der Waals surface area contributed by atoms with E-state index in [1.807, 2.05) is 30.3 Å². The van der Waals surface area contributed by atoms with Gasteiger partial charge in [0.2, 0.25) is 5.78 Å². The van der Waals surface area contributed by atoms with Crippen molar-refractivity contribution in [2.45, 2.75) is 11.3 Å². The Morgan fingerprint density at radius 2 is 1.41 bits per heavy atom. The zero-order chi connectivity index (χ0) is 20.4. The van der Waals surface area contributed by atoms with E-state index in [-0.39, 0.29) is 28.5 Å². The number of hydrogen-bond donors (Lipinski definition) is 1. The van der Waals surface area contributed by atoms with E-state index in [4.69, 9.17) is 0 Å². The molecule has 6 heteroatoms. The first-order valence-corrected chi connectivity index (χ1v) is 10.6. The van der Waals surface area contributed by atoms with E-state index >= 15 is 0 Å². The molecule has 0 fully saturated rings. The number of Topliss-reactive ketones (excluding diaryl/α,β-unsaturated/α-hetero) is 1. The Kier molecular flexibility index (Phi) is 4.94. The van der Waals surface area contributed by atoms with Crippen LogP contribution in [-0.2, 0) is 16.4 Å². The Hall–Kier alpha value is -3.38. The number of nitrogens with zero attached hydrogens (tertiary/aromatic N) is 1. The first kappa shape index (κ1) is 19.0. The molecule has 0 bridgehead atoms. The number of aliphatic hydroxyl groups is 1. The number of carbonyl (C=O) groups excluding carboxylic acids is 1. The number of carbonyl (C=O) groups is 1. The van der Waals surface area contributed by atoms with Gasteiger partial charge in [0.1, 0.15) is 5.70 Å². The van der Waals surface area contributed by atoms with Crippen LogP contribution in [0.1, 0.15) is 21.5 Å². The van der Waals surface area contributed by atoms with Gasteiger partial charge in [-0.25, -0.2) is 8.42 Å². The maximum atomic E-state index is 13.3. The van der Waals surface area contributed by atoms with Crippen LogP contribution < -0.4 is 0 Å². The van der Waals surface area contributed by atoms with Crippen molar-refractivity contribution in [3.05, 3.63) is 107 Å². The molecule has 1 heterocycles. The summed E-state index contributed by atoms with van der Waals surface area (Å²) in [6, 6.07) is 24.0. The number of allylic oxidation sites excluding steroid dienone is 1. The lowest BCUT2D eigenvalue weighted by Crippen LogP contribution is -2.41. The van der Waals surface area contributed by atoms with Gasteiger partial charge in [-0.05, 0) is 24.1 Å². The fourth-order valence-corrected chi connectivity index (χ4v) is 5.09. The minimum atomic E-state index is -3.99. The average molecular weight is 405 g/mol. The van der Waals surface area contributed by atoms with Crippen molar-refractivity contribution in [3.8, 4) is 0 Å². The van der Waals surface area contributed by atoms with E-state index < -0.39 is 15.8 Å². The Bertz CT molecular complexity index is 1190. The highest BCUT2D eigenvalue weighted by Gasteiger charge is 2.41. The van der Waals surface area contributed by atoms with Crippen molar-refractivity contribution in [1.82, 2.24) is 4.31 Å². The summed E-state index contributed by atoms with van der Waals surface area (Å²) in [5, 5.41) is 10.9. The minimum absolute atomic E-state index is 0.0392. The molecule has 1 aliphatic heterocycles. The SMILES string of the molecule is O=C1C(=C(O)c2ccccc2)N(CCc2ccccc2)S(=O)(=O)c2ccccc21. The number of aliphatic hydroxyl groups excluding tert-OH is 1. The topological polar surface area (TPSA) is 74.7 Å². The van der Waals surface area contributed by atoms with Gasteiger partial charge in [-0.3, -0.25) is 9.10 Å². The molecular formula is C23H19NO4S. The third-order valence-electron chi connectivity index (χ3n) is 4.88. The third-order valence-corrected chi connectivity index (χ3v) is 6.74. The molecule has 0 radical (unpaired) electrons. The summed E-state index contributed by atoms with van der Waals surface area (Å²) in [5.74, 6) is -0.855. The molecule has 1 aliphatic rings. The Labute approximate surface area is 169 Å². The van der Waals surface area contributed by atoms with Crippen LogP contribution in [-0.4, -0.2) is 30.2 Å². The second-order valence-electron chi connectivity index (χ2n) is 6.70. The van der Waals surface area contributed by atoms with Crippen molar-refractivity contribution in [3.63, 3.8) is 0 Å². The molecule has 4 rings (SSSR count). The maximum absolute atomic E-state index is 13.3. The number of sulfonamides is 1. The zero-order valence-electron chi connectivity index (χ0n) is 15.5. The van der Waals surface area contributed by atoms with Crippen molar-refractivity contribution in [2.75, 3.05) is 6.54 Å². The summed E-state index contributed by atoms with van der Waals surface area (Å²) in [6.45, 7) is 0.0403. The van der Waals surface area contributed by atoms with Crippen LogP contribution in [0.25, 0.3) is 5.76 Å². The maximum Gasteiger partial charge on any atom is 0.265 e. The zero-order valence-corrected chi connectivity index (χ0v) is 16.3. The predicted molar refractivity (Wildman–Crippen MR) is 111 cm³/mol. The van der Waals surface area contributed by atoms with E-state index in [0.29, 0.717) is 12.0 Å². The van der Waals surface area contributed by atoms with Crippen molar-refractivity contribution in [1.29, 1.82) is 0 Å². The second-order valence-corrected chi connectivity index (χ2v) is 8.53. The molecule has 1 N–H and O–H groups in total. The average Bonchev–Trinajstić information content (AvgIpc) is 2.76. The quantitative estimate of drug-likeness (QED) is 0.525. The number of rotatable bonds is 4. The normalized spacial score (nSPS) is 17.0. The molecular weight excluding hydrogens is 386 g/mol. The van der Waals surface area contributed by atoms with Crippen molar-refractivity contribution >= 4 is 21.6 Å². The molecule has 0 spiro atoms. The van der Waals surface area contributed by atoms with Crippen molar-refractivity contribution in [2.24, 2.45) is 0 Å². The van der Waals surface area contributed by atoms with Crippen LogP contribution in [0.5, 0.6) is 0 Å². The molecule has 5 nitrogen and oxygen atoms in total. The molecule has 3 aromatic carbocycles. The van der Waals surface area contributed by atoms with Gasteiger partial charge in [0, 0.05) is 17.7 Å². The van der Waals surface area contributed by atoms with Crippen LogP contribution >= 0.6 is 0 Å². The van der Waals surface area contributed by atoms with Gasteiger partial charge in [0.05, 0.1) is 4.90 Å². The summed E-state index contributed by atoms with van der Waals surface area (Å²) in [5.41, 5.74) is 1.18. The van der Waals surface area contributed by atoms with Crippen LogP contribution in [0.2, 0.25) is 0 Å². The highest BCUT2D eigenvalue weighted by molar-refractivity contribution is 7.89. The molecule has 146 valence electrons. The summed E-state index contributed by atoms with van der Waals surface area (Å²) in [4.78, 5) is 13.2. The first-order chi connectivity index (χ1) is 14.0. The lowest BCUT2D eigenvalue weighted by Gasteiger charge is -2.32. The summed E-state index contributed by atoms with van der Waals surface area (Å²) < 4.78 is 27.7. The highest BCUT2D eigenvalue weighted by atomic mass is 32.2. The Balaban J connectivity index is 1.87. The molecule has 0 saturated heterocycles. The third kappa shape index (κ3) is 3.43.